The van der Waals surface area contributed by atoms with Gasteiger partial charge in [-0.3, -0.25) is 4.79 Å². The lowest BCUT2D eigenvalue weighted by atomic mass is 10.1. The first kappa shape index (κ1) is 16.0. The number of carbonyl (C=O) groups is 1. The lowest BCUT2D eigenvalue weighted by molar-refractivity contribution is -0.143. The van der Waals surface area contributed by atoms with Crippen molar-refractivity contribution in [3.8, 4) is 11.8 Å². The number of carbonyl (C=O) groups excluding carboxylic acids is 1. The SMILES string of the molecule is N#Cc1ccc(OC(C(=O)N2CCOCC2)c2ccccc2)cc1. The third-order valence-electron chi connectivity index (χ3n) is 3.89. The maximum atomic E-state index is 12.9. The van der Waals surface area contributed by atoms with Crippen molar-refractivity contribution in [3.63, 3.8) is 0 Å². The Morgan fingerprint density at radius 2 is 1.75 bits per heavy atom. The van der Waals surface area contributed by atoms with E-state index in [9.17, 15) is 4.79 Å². The summed E-state index contributed by atoms with van der Waals surface area (Å²) in [4.78, 5) is 14.7. The summed E-state index contributed by atoms with van der Waals surface area (Å²) in [6.07, 6.45) is -0.711. The van der Waals surface area contributed by atoms with Gasteiger partial charge in [-0.25, -0.2) is 0 Å². The molecule has 2 aromatic carbocycles. The van der Waals surface area contributed by atoms with Crippen LogP contribution in [0.4, 0.5) is 0 Å². The van der Waals surface area contributed by atoms with Crippen molar-refractivity contribution >= 4 is 5.91 Å². The Morgan fingerprint density at radius 3 is 2.38 bits per heavy atom. The molecule has 1 atom stereocenters. The molecule has 0 saturated carbocycles. The summed E-state index contributed by atoms with van der Waals surface area (Å²) < 4.78 is 11.3. The molecule has 0 aliphatic carbocycles. The minimum atomic E-state index is -0.711. The average Bonchev–Trinajstić information content (AvgIpc) is 2.67. The molecule has 1 saturated heterocycles. The van der Waals surface area contributed by atoms with E-state index in [1.54, 1.807) is 29.2 Å². The van der Waals surface area contributed by atoms with Crippen LogP contribution in [-0.2, 0) is 9.53 Å². The van der Waals surface area contributed by atoms with Gasteiger partial charge in [-0.2, -0.15) is 5.26 Å². The van der Waals surface area contributed by atoms with Crippen molar-refractivity contribution in [2.75, 3.05) is 26.3 Å². The summed E-state index contributed by atoms with van der Waals surface area (Å²) in [6.45, 7) is 2.23. The second-order valence-corrected chi connectivity index (χ2v) is 5.48. The zero-order chi connectivity index (χ0) is 16.8. The summed E-state index contributed by atoms with van der Waals surface area (Å²) >= 11 is 0. The molecular weight excluding hydrogens is 304 g/mol. The molecule has 1 aliphatic rings. The summed E-state index contributed by atoms with van der Waals surface area (Å²) in [5.41, 5.74) is 1.36. The number of ether oxygens (including phenoxy) is 2. The maximum Gasteiger partial charge on any atom is 0.268 e. The number of hydrogen-bond acceptors (Lipinski definition) is 4. The molecule has 1 heterocycles. The van der Waals surface area contributed by atoms with Gasteiger partial charge in [0.1, 0.15) is 5.75 Å². The predicted molar refractivity (Wildman–Crippen MR) is 88.4 cm³/mol. The van der Waals surface area contributed by atoms with Crippen molar-refractivity contribution in [1.29, 1.82) is 5.26 Å². The molecule has 0 bridgehead atoms. The van der Waals surface area contributed by atoms with Gasteiger partial charge in [0.2, 0.25) is 6.10 Å². The molecule has 24 heavy (non-hydrogen) atoms. The lowest BCUT2D eigenvalue weighted by Crippen LogP contribution is -2.44. The molecule has 0 N–H and O–H groups in total. The molecule has 5 nitrogen and oxygen atoms in total. The largest absolute Gasteiger partial charge is 0.476 e. The van der Waals surface area contributed by atoms with E-state index in [1.807, 2.05) is 30.3 Å². The highest BCUT2D eigenvalue weighted by atomic mass is 16.5. The van der Waals surface area contributed by atoms with Gasteiger partial charge in [0.25, 0.3) is 5.91 Å². The normalized spacial score (nSPS) is 15.4. The van der Waals surface area contributed by atoms with E-state index < -0.39 is 6.10 Å². The Labute approximate surface area is 141 Å². The Balaban J connectivity index is 1.84. The first-order valence-electron chi connectivity index (χ1n) is 7.86. The lowest BCUT2D eigenvalue weighted by Gasteiger charge is -2.30. The zero-order valence-corrected chi connectivity index (χ0v) is 13.2. The summed E-state index contributed by atoms with van der Waals surface area (Å²) in [7, 11) is 0. The fraction of sp³-hybridized carbons (Fsp3) is 0.263. The second kappa shape index (κ2) is 7.62. The van der Waals surface area contributed by atoms with Gasteiger partial charge in [-0.05, 0) is 24.3 Å². The van der Waals surface area contributed by atoms with Gasteiger partial charge < -0.3 is 14.4 Å². The van der Waals surface area contributed by atoms with Gasteiger partial charge in [0, 0.05) is 18.7 Å². The van der Waals surface area contributed by atoms with Crippen LogP contribution in [0.1, 0.15) is 17.2 Å². The van der Waals surface area contributed by atoms with E-state index in [4.69, 9.17) is 14.7 Å². The van der Waals surface area contributed by atoms with Crippen LogP contribution in [0.3, 0.4) is 0 Å². The third-order valence-corrected chi connectivity index (χ3v) is 3.89. The highest BCUT2D eigenvalue weighted by molar-refractivity contribution is 5.82. The first-order chi connectivity index (χ1) is 11.8. The van der Waals surface area contributed by atoms with E-state index in [-0.39, 0.29) is 5.91 Å². The summed E-state index contributed by atoms with van der Waals surface area (Å²) in [5, 5.41) is 8.88. The average molecular weight is 322 g/mol. The molecule has 1 amide bonds. The highest BCUT2D eigenvalue weighted by Crippen LogP contribution is 2.24. The van der Waals surface area contributed by atoms with Gasteiger partial charge in [0.15, 0.2) is 0 Å². The van der Waals surface area contributed by atoms with Crippen LogP contribution in [0.5, 0.6) is 5.75 Å². The molecule has 3 rings (SSSR count). The van der Waals surface area contributed by atoms with E-state index in [2.05, 4.69) is 6.07 Å². The van der Waals surface area contributed by atoms with E-state index >= 15 is 0 Å². The van der Waals surface area contributed by atoms with Gasteiger partial charge in [-0.1, -0.05) is 30.3 Å². The molecule has 1 aliphatic heterocycles. The maximum absolute atomic E-state index is 12.9. The standard InChI is InChI=1S/C19H18N2O3/c20-14-15-6-8-17(9-7-15)24-18(16-4-2-1-3-5-16)19(22)21-10-12-23-13-11-21/h1-9,18H,10-13H2. The molecule has 0 spiro atoms. The molecule has 1 unspecified atom stereocenters. The van der Waals surface area contributed by atoms with Crippen molar-refractivity contribution in [2.45, 2.75) is 6.10 Å². The minimum Gasteiger partial charge on any atom is -0.476 e. The number of amides is 1. The number of morpholine rings is 1. The molecule has 2 aromatic rings. The van der Waals surface area contributed by atoms with Gasteiger partial charge in [0.05, 0.1) is 24.8 Å². The first-order valence-corrected chi connectivity index (χ1v) is 7.86. The highest BCUT2D eigenvalue weighted by Gasteiger charge is 2.28. The van der Waals surface area contributed by atoms with E-state index in [0.29, 0.717) is 37.6 Å². The van der Waals surface area contributed by atoms with Gasteiger partial charge >= 0.3 is 0 Å². The Hall–Kier alpha value is -2.84. The number of nitrogens with zero attached hydrogens (tertiary/aromatic N) is 2. The summed E-state index contributed by atoms with van der Waals surface area (Å²) in [5.74, 6) is 0.485. The predicted octanol–water partition coefficient (Wildman–Crippen LogP) is 2.54. The molecule has 122 valence electrons. The van der Waals surface area contributed by atoms with Crippen molar-refractivity contribution < 1.29 is 14.3 Å². The van der Waals surface area contributed by atoms with Crippen LogP contribution in [0, 0.1) is 11.3 Å². The van der Waals surface area contributed by atoms with Gasteiger partial charge in [-0.15, -0.1) is 0 Å². The molecule has 1 fully saturated rings. The molecule has 0 radical (unpaired) electrons. The number of benzene rings is 2. The van der Waals surface area contributed by atoms with Crippen LogP contribution >= 0.6 is 0 Å². The second-order valence-electron chi connectivity index (χ2n) is 5.48. The van der Waals surface area contributed by atoms with Crippen LogP contribution in [0.2, 0.25) is 0 Å². The Bertz CT molecular complexity index is 717. The third kappa shape index (κ3) is 3.73. The molecular formula is C19H18N2O3. The van der Waals surface area contributed by atoms with Crippen LogP contribution in [-0.4, -0.2) is 37.1 Å². The molecule has 0 aromatic heterocycles. The summed E-state index contributed by atoms with van der Waals surface area (Å²) in [6, 6.07) is 18.3. The van der Waals surface area contributed by atoms with Crippen LogP contribution in [0.25, 0.3) is 0 Å². The van der Waals surface area contributed by atoms with Crippen molar-refractivity contribution in [2.24, 2.45) is 0 Å². The van der Waals surface area contributed by atoms with Crippen LogP contribution < -0.4 is 4.74 Å². The number of hydrogen-bond donors (Lipinski definition) is 0. The Morgan fingerprint density at radius 1 is 1.08 bits per heavy atom. The molecule has 5 heteroatoms. The fourth-order valence-corrected chi connectivity index (χ4v) is 2.58. The smallest absolute Gasteiger partial charge is 0.268 e. The topological polar surface area (TPSA) is 62.6 Å². The fourth-order valence-electron chi connectivity index (χ4n) is 2.58. The van der Waals surface area contributed by atoms with Crippen LogP contribution in [0.15, 0.2) is 54.6 Å². The number of nitriles is 1. The monoisotopic (exact) mass is 322 g/mol. The van der Waals surface area contributed by atoms with Crippen molar-refractivity contribution in [1.82, 2.24) is 4.90 Å². The van der Waals surface area contributed by atoms with E-state index in [0.717, 1.165) is 5.56 Å². The zero-order valence-electron chi connectivity index (χ0n) is 13.2. The van der Waals surface area contributed by atoms with Crippen molar-refractivity contribution in [3.05, 3.63) is 65.7 Å². The number of rotatable bonds is 4. The van der Waals surface area contributed by atoms with E-state index in [1.165, 1.54) is 0 Å². The minimum absolute atomic E-state index is 0.0751. The quantitative estimate of drug-likeness (QED) is 0.868. The Kier molecular flexibility index (Phi) is 5.09.